The van der Waals surface area contributed by atoms with Crippen molar-refractivity contribution in [2.24, 2.45) is 11.8 Å². The van der Waals surface area contributed by atoms with Gasteiger partial charge in [-0.25, -0.2) is 26.3 Å². The fraction of sp³-hybridized carbons (Fsp3) is 0.404. The Hall–Kier alpha value is -13.9. The summed E-state index contributed by atoms with van der Waals surface area (Å²) < 4.78 is 101. The molecule has 18 rings (SSSR count). The van der Waals surface area contributed by atoms with E-state index < -0.39 is 20.0 Å². The standard InChI is InChI=1S/2C27H29N5O3.2C25H29N5O4S/c2*1-16(2)34-24-11-8-17(12-18(24)13-28)26-29-25(30-35-26)22-7-5-6-21-20(22)9-10-23(21)32-14-19(15-32)27(33)31(3)4;2*1-16(2)33-23-11-8-17(14-18(23)15-26)25-27-24(28-34-25)21-7-5-6-20-19(21)9-10-22(20)29-35(31,32)13-12-30(3)4/h2*5-8,11-12,16,19,23H,9-10,14-15H2,1-4H3;2*5-8,11,14,16,22,29H,9-10,12-13H2,1-4H3/t2*23-;2*22-/m1010/s1. The predicted molar refractivity (Wildman–Crippen MR) is 525 cm³/mol. The molecule has 8 aromatic carbocycles. The van der Waals surface area contributed by atoms with Gasteiger partial charge < -0.3 is 56.6 Å². The molecule has 12 aromatic rings. The normalized spacial score (nSPS) is 16.5. The Labute approximate surface area is 816 Å². The first-order valence-corrected chi connectivity index (χ1v) is 50.2. The lowest BCUT2D eigenvalue weighted by Crippen LogP contribution is -2.54. The molecule has 140 heavy (non-hydrogen) atoms. The molecule has 0 saturated carbocycles. The number of likely N-dealkylation sites (tertiary alicyclic amines) is 2. The minimum atomic E-state index is -3.41. The molecule has 4 atom stereocenters. The Morgan fingerprint density at radius 3 is 0.893 bits per heavy atom. The predicted octanol–water partition coefficient (Wildman–Crippen LogP) is 15.2. The van der Waals surface area contributed by atoms with Crippen LogP contribution in [0.15, 0.2) is 164 Å². The monoisotopic (exact) mass is 1930 g/mol. The molecule has 728 valence electrons. The molecule has 2 N–H and O–H groups in total. The van der Waals surface area contributed by atoms with Crippen LogP contribution >= 0.6 is 0 Å². The number of hydrogen-bond donors (Lipinski definition) is 2. The number of benzene rings is 8. The second kappa shape index (κ2) is 43.6. The van der Waals surface area contributed by atoms with Gasteiger partial charge in [-0.15, -0.1) is 0 Å². The molecular formula is C104H116N20O14S2. The van der Waals surface area contributed by atoms with Gasteiger partial charge in [0.05, 0.1) is 70.0 Å². The van der Waals surface area contributed by atoms with Gasteiger partial charge in [0.1, 0.15) is 47.3 Å². The SMILES string of the molecule is CC(C)Oc1ccc(-c2nc(-c3cccc4c3CC[C@@H]4N3CC(C(=O)N(C)C)C3)no2)cc1C#N.CC(C)Oc1ccc(-c2nc(-c3cccc4c3CC[C@@H]4NS(=O)(=O)CCN(C)C)no2)cc1C#N.CC(C)Oc1ccc(-c2nc(-c3cccc4c3CC[C@H]4N3CC(C(=O)N(C)C)C3)no2)cc1C#N.CC(C)Oc1ccc(-c2nc(-c3cccc4c3CC[C@H]4NS(=O)(=O)CCN(C)C)no2)cc1C#N. The van der Waals surface area contributed by atoms with E-state index in [-0.39, 0.29) is 71.7 Å². The van der Waals surface area contributed by atoms with Crippen LogP contribution in [-0.4, -0.2) is 230 Å². The van der Waals surface area contributed by atoms with Crippen molar-refractivity contribution in [3.63, 3.8) is 0 Å². The van der Waals surface area contributed by atoms with E-state index in [4.69, 9.17) is 37.0 Å². The van der Waals surface area contributed by atoms with E-state index in [1.54, 1.807) is 70.5 Å². The van der Waals surface area contributed by atoms with Crippen LogP contribution in [0.5, 0.6) is 23.0 Å². The highest BCUT2D eigenvalue weighted by atomic mass is 32.2. The Morgan fingerprint density at radius 1 is 0.386 bits per heavy atom. The number of sulfonamides is 2. The smallest absolute Gasteiger partial charge is 0.258 e. The number of ether oxygens (including phenoxy) is 4. The average Bonchev–Trinajstić information content (AvgIpc) is 1.62. The highest BCUT2D eigenvalue weighted by Crippen LogP contribution is 2.47. The number of nitrogens with zero attached hydrogens (tertiary/aromatic N) is 18. The zero-order chi connectivity index (χ0) is 99.7. The van der Waals surface area contributed by atoms with Crippen LogP contribution in [0.25, 0.3) is 91.4 Å². The molecule has 0 radical (unpaired) electrons. The van der Waals surface area contributed by atoms with Crippen LogP contribution in [0.1, 0.15) is 172 Å². The van der Waals surface area contributed by atoms with Crippen molar-refractivity contribution in [3.8, 4) is 139 Å². The molecule has 2 saturated heterocycles. The molecule has 0 spiro atoms. The quantitative estimate of drug-likeness (QED) is 0.0422. The summed E-state index contributed by atoms with van der Waals surface area (Å²) in [5.74, 6) is 6.04. The molecule has 34 nitrogen and oxygen atoms in total. The molecule has 0 bridgehead atoms. The highest BCUT2D eigenvalue weighted by molar-refractivity contribution is 7.89. The summed E-state index contributed by atoms with van der Waals surface area (Å²) in [6.07, 6.45) is 6.49. The van der Waals surface area contributed by atoms with E-state index in [1.807, 2.05) is 194 Å². The van der Waals surface area contributed by atoms with Crippen molar-refractivity contribution in [2.75, 3.05) is 107 Å². The lowest BCUT2D eigenvalue weighted by molar-refractivity contribution is -0.140. The fourth-order valence-electron chi connectivity index (χ4n) is 18.4. The minimum Gasteiger partial charge on any atom is -0.490 e. The summed E-state index contributed by atoms with van der Waals surface area (Å²) in [5, 5.41) is 55.0. The highest BCUT2D eigenvalue weighted by Gasteiger charge is 2.44. The first-order chi connectivity index (χ1) is 67.0. The van der Waals surface area contributed by atoms with Gasteiger partial charge in [-0.1, -0.05) is 93.4 Å². The van der Waals surface area contributed by atoms with Crippen molar-refractivity contribution in [1.82, 2.24) is 79.4 Å². The summed E-state index contributed by atoms with van der Waals surface area (Å²) in [4.78, 5) is 54.8. The van der Waals surface area contributed by atoms with Gasteiger partial charge in [0.15, 0.2) is 0 Å². The van der Waals surface area contributed by atoms with E-state index in [2.05, 4.69) is 96.2 Å². The van der Waals surface area contributed by atoms with Crippen molar-refractivity contribution in [1.29, 1.82) is 21.0 Å². The van der Waals surface area contributed by atoms with E-state index >= 15 is 0 Å². The van der Waals surface area contributed by atoms with E-state index in [0.717, 1.165) is 96.4 Å². The second-order valence-electron chi connectivity index (χ2n) is 37.7. The Balaban J connectivity index is 0.000000141. The summed E-state index contributed by atoms with van der Waals surface area (Å²) >= 11 is 0. The van der Waals surface area contributed by atoms with Gasteiger partial charge in [-0.3, -0.25) is 19.4 Å². The van der Waals surface area contributed by atoms with Crippen molar-refractivity contribution >= 4 is 31.9 Å². The molecule has 6 heterocycles. The van der Waals surface area contributed by atoms with Gasteiger partial charge >= 0.3 is 0 Å². The molecule has 2 amide bonds. The zero-order valence-electron chi connectivity index (χ0n) is 81.5. The molecule has 6 aliphatic rings. The van der Waals surface area contributed by atoms with E-state index in [9.17, 15) is 47.5 Å². The molecule has 2 aliphatic heterocycles. The number of nitriles is 4. The van der Waals surface area contributed by atoms with Gasteiger partial charge in [0.25, 0.3) is 23.6 Å². The number of carbonyl (C=O) groups excluding carboxylic acids is 2. The van der Waals surface area contributed by atoms with Gasteiger partial charge in [-0.05, 0) is 252 Å². The summed E-state index contributed by atoms with van der Waals surface area (Å²) in [6, 6.07) is 53.7. The van der Waals surface area contributed by atoms with Crippen LogP contribution in [0, 0.1) is 57.2 Å². The number of hydrogen-bond acceptors (Lipinski definition) is 30. The van der Waals surface area contributed by atoms with E-state index in [0.29, 0.717) is 165 Å². The third kappa shape index (κ3) is 23.3. The van der Waals surface area contributed by atoms with Crippen molar-refractivity contribution in [2.45, 2.75) is 155 Å². The first kappa shape index (κ1) is 101. The lowest BCUT2D eigenvalue weighted by atomic mass is 9.93. The third-order valence-corrected chi connectivity index (χ3v) is 27.8. The van der Waals surface area contributed by atoms with E-state index in [1.165, 1.54) is 22.3 Å². The average molecular weight is 1930 g/mol. The van der Waals surface area contributed by atoms with Crippen molar-refractivity contribution < 1.29 is 63.5 Å². The maximum absolute atomic E-state index is 12.5. The molecule has 4 aliphatic carbocycles. The number of nitrogens with one attached hydrogen (secondary N) is 2. The Morgan fingerprint density at radius 2 is 0.643 bits per heavy atom. The van der Waals surface area contributed by atoms with Gasteiger partial charge in [0.2, 0.25) is 55.2 Å². The summed E-state index contributed by atoms with van der Waals surface area (Å²) in [6.45, 7) is 19.4. The largest absolute Gasteiger partial charge is 0.490 e. The van der Waals surface area contributed by atoms with Crippen LogP contribution in [0.2, 0.25) is 0 Å². The maximum Gasteiger partial charge on any atom is 0.258 e. The summed E-state index contributed by atoms with van der Waals surface area (Å²) in [5.41, 5.74) is 16.8. The minimum absolute atomic E-state index is 0.0254. The molecule has 36 heteroatoms. The second-order valence-corrected chi connectivity index (χ2v) is 41.4. The van der Waals surface area contributed by atoms with Crippen molar-refractivity contribution in [3.05, 3.63) is 212 Å². The first-order valence-electron chi connectivity index (χ1n) is 46.9. The number of carbonyl (C=O) groups is 2. The maximum atomic E-state index is 12.5. The summed E-state index contributed by atoms with van der Waals surface area (Å²) in [7, 11) is 7.84. The Kier molecular flexibility index (Phi) is 31.3. The van der Waals surface area contributed by atoms with Crippen LogP contribution in [0.4, 0.5) is 0 Å². The lowest BCUT2D eigenvalue weighted by Gasteiger charge is -2.43. The molecule has 4 aromatic heterocycles. The van der Waals surface area contributed by atoms with Crippen LogP contribution < -0.4 is 28.4 Å². The molecular weight excluding hydrogens is 1820 g/mol. The number of aromatic nitrogens is 8. The van der Waals surface area contributed by atoms with Gasteiger partial charge in [0, 0.05) is 136 Å². The topological polar surface area (TPSA) is 434 Å². The van der Waals surface area contributed by atoms with Gasteiger partial charge in [-0.2, -0.15) is 41.0 Å². The Bertz CT molecular complexity index is 6550. The van der Waals surface area contributed by atoms with Crippen LogP contribution in [0.3, 0.4) is 0 Å². The fourth-order valence-corrected chi connectivity index (χ4v) is 21.2. The number of fused-ring (bicyclic) bond motifs is 4. The third-order valence-electron chi connectivity index (χ3n) is 25.1. The molecule has 2 fully saturated rings. The zero-order valence-corrected chi connectivity index (χ0v) is 83.2. The number of amides is 2. The molecule has 0 unspecified atom stereocenters. The number of rotatable bonds is 30. The van der Waals surface area contributed by atoms with Crippen LogP contribution in [-0.2, 0) is 55.3 Å².